The highest BCUT2D eigenvalue weighted by Gasteiger charge is 2.30. The predicted molar refractivity (Wildman–Crippen MR) is 123 cm³/mol. The molecule has 5 nitrogen and oxygen atoms in total. The van der Waals surface area contributed by atoms with Gasteiger partial charge >= 0.3 is 0 Å². The highest BCUT2D eigenvalue weighted by Crippen LogP contribution is 2.33. The smallest absolute Gasteiger partial charge is 0.254 e. The molecular weight excluding hydrogens is 405 g/mol. The summed E-state index contributed by atoms with van der Waals surface area (Å²) in [5.74, 6) is -0.466. The third kappa shape index (κ3) is 4.85. The van der Waals surface area contributed by atoms with Gasteiger partial charge in [0, 0.05) is 30.4 Å². The van der Waals surface area contributed by atoms with Gasteiger partial charge in [-0.15, -0.1) is 0 Å². The molecule has 0 radical (unpaired) electrons. The van der Waals surface area contributed by atoms with Gasteiger partial charge < -0.3 is 10.2 Å². The number of hydrogen-bond donors (Lipinski definition) is 1. The number of pyridine rings is 1. The van der Waals surface area contributed by atoms with Crippen molar-refractivity contribution in [2.75, 3.05) is 11.9 Å². The number of piperidine rings is 1. The molecule has 32 heavy (non-hydrogen) atoms. The van der Waals surface area contributed by atoms with E-state index in [0.717, 1.165) is 41.8 Å². The van der Waals surface area contributed by atoms with Crippen molar-refractivity contribution in [3.8, 4) is 11.1 Å². The van der Waals surface area contributed by atoms with Crippen LogP contribution in [0, 0.1) is 12.7 Å². The van der Waals surface area contributed by atoms with E-state index in [2.05, 4.69) is 5.32 Å². The number of likely N-dealkylation sites (tertiary alicyclic amines) is 1. The summed E-state index contributed by atoms with van der Waals surface area (Å²) in [7, 11) is 0. The minimum Gasteiger partial charge on any atom is -0.330 e. The maximum atomic E-state index is 13.4. The van der Waals surface area contributed by atoms with E-state index in [9.17, 15) is 14.0 Å². The van der Waals surface area contributed by atoms with Crippen molar-refractivity contribution in [2.45, 2.75) is 39.2 Å². The summed E-state index contributed by atoms with van der Waals surface area (Å²) in [6.45, 7) is 4.05. The number of amides is 2. The summed E-state index contributed by atoms with van der Waals surface area (Å²) >= 11 is 0. The summed E-state index contributed by atoms with van der Waals surface area (Å²) < 4.78 is 13.4. The lowest BCUT2D eigenvalue weighted by atomic mass is 9.95. The number of hydrogen-bond acceptors (Lipinski definition) is 3. The molecule has 2 amide bonds. The molecule has 0 aliphatic carbocycles. The molecule has 0 bridgehead atoms. The lowest BCUT2D eigenvalue weighted by Gasteiger charge is -2.36. The molecule has 2 aromatic carbocycles. The number of halogens is 1. The summed E-state index contributed by atoms with van der Waals surface area (Å²) in [5.41, 5.74) is 4.84. The molecule has 1 aromatic heterocycles. The Labute approximate surface area is 187 Å². The quantitative estimate of drug-likeness (QED) is 0.591. The number of benzene rings is 2. The van der Waals surface area contributed by atoms with Gasteiger partial charge in [0.1, 0.15) is 5.82 Å². The van der Waals surface area contributed by atoms with Crippen molar-refractivity contribution >= 4 is 17.5 Å². The van der Waals surface area contributed by atoms with Crippen molar-refractivity contribution in [3.05, 3.63) is 83.4 Å². The molecule has 164 valence electrons. The first-order valence-corrected chi connectivity index (χ1v) is 10.8. The van der Waals surface area contributed by atoms with Crippen LogP contribution in [0.4, 0.5) is 10.1 Å². The molecular formula is C26H26FN3O2. The third-order valence-corrected chi connectivity index (χ3v) is 5.71. The Kier molecular flexibility index (Phi) is 6.30. The molecule has 0 spiro atoms. The van der Waals surface area contributed by atoms with E-state index >= 15 is 0 Å². The van der Waals surface area contributed by atoms with Gasteiger partial charge in [-0.05, 0) is 85.8 Å². The van der Waals surface area contributed by atoms with Gasteiger partial charge in [-0.25, -0.2) is 4.39 Å². The van der Waals surface area contributed by atoms with Crippen LogP contribution < -0.4 is 5.32 Å². The Balaban J connectivity index is 1.63. The highest BCUT2D eigenvalue weighted by molar-refractivity contribution is 5.95. The topological polar surface area (TPSA) is 62.3 Å². The standard InChI is InChI=1S/C26H26FN3O2/c1-17-15-21(19-6-10-22(27)11-7-19)16-24(28-17)25-5-3-4-14-30(25)26(32)20-8-12-23(13-9-20)29-18(2)31/h6-13,15-16,25H,3-5,14H2,1-2H3,(H,29,31)/t25-/m0/s1. The van der Waals surface area contributed by atoms with Gasteiger partial charge in [0.05, 0.1) is 11.7 Å². The molecule has 1 aliphatic rings. The van der Waals surface area contributed by atoms with E-state index in [-0.39, 0.29) is 23.7 Å². The van der Waals surface area contributed by atoms with E-state index in [1.54, 1.807) is 36.4 Å². The van der Waals surface area contributed by atoms with Crippen LogP contribution in [0.2, 0.25) is 0 Å². The van der Waals surface area contributed by atoms with Crippen LogP contribution in [0.5, 0.6) is 0 Å². The van der Waals surface area contributed by atoms with E-state index in [1.807, 2.05) is 24.0 Å². The van der Waals surface area contributed by atoms with Gasteiger partial charge in [0.25, 0.3) is 5.91 Å². The number of nitrogens with zero attached hydrogens (tertiary/aromatic N) is 2. The second-order valence-corrected chi connectivity index (χ2v) is 8.20. The molecule has 2 heterocycles. The van der Waals surface area contributed by atoms with Crippen LogP contribution in [0.25, 0.3) is 11.1 Å². The SMILES string of the molecule is CC(=O)Nc1ccc(C(=O)N2CCCC[C@H]2c2cc(-c3ccc(F)cc3)cc(C)n2)cc1. The molecule has 0 saturated carbocycles. The van der Waals surface area contributed by atoms with Gasteiger partial charge in [0.15, 0.2) is 0 Å². The zero-order valence-electron chi connectivity index (χ0n) is 18.3. The number of anilines is 1. The first-order chi connectivity index (χ1) is 15.4. The van der Waals surface area contributed by atoms with E-state index in [4.69, 9.17) is 4.98 Å². The minimum atomic E-state index is -0.270. The third-order valence-electron chi connectivity index (χ3n) is 5.71. The average molecular weight is 432 g/mol. The molecule has 0 unspecified atom stereocenters. The molecule has 1 fully saturated rings. The molecule has 6 heteroatoms. The molecule has 4 rings (SSSR count). The number of aryl methyl sites for hydroxylation is 1. The van der Waals surface area contributed by atoms with E-state index < -0.39 is 0 Å². The summed E-state index contributed by atoms with van der Waals surface area (Å²) in [6, 6.07) is 17.3. The average Bonchev–Trinajstić information content (AvgIpc) is 2.79. The van der Waals surface area contributed by atoms with Crippen LogP contribution >= 0.6 is 0 Å². The monoisotopic (exact) mass is 431 g/mol. The van der Waals surface area contributed by atoms with Crippen LogP contribution in [0.15, 0.2) is 60.7 Å². The first kappa shape index (κ1) is 21.7. The minimum absolute atomic E-state index is 0.0456. The second kappa shape index (κ2) is 9.30. The molecule has 1 N–H and O–H groups in total. The van der Waals surface area contributed by atoms with Gasteiger partial charge in [-0.2, -0.15) is 0 Å². The largest absolute Gasteiger partial charge is 0.330 e. The van der Waals surface area contributed by atoms with Crippen LogP contribution in [0.1, 0.15) is 54.0 Å². The zero-order valence-corrected chi connectivity index (χ0v) is 18.3. The van der Waals surface area contributed by atoms with Crippen LogP contribution in [-0.4, -0.2) is 28.2 Å². The Morgan fingerprint density at radius 1 is 1.00 bits per heavy atom. The lowest BCUT2D eigenvalue weighted by Crippen LogP contribution is -2.39. The lowest BCUT2D eigenvalue weighted by molar-refractivity contribution is -0.114. The maximum absolute atomic E-state index is 13.4. The predicted octanol–water partition coefficient (Wildman–Crippen LogP) is 5.52. The number of carbonyl (C=O) groups is 2. The van der Waals surface area contributed by atoms with Crippen molar-refractivity contribution < 1.29 is 14.0 Å². The number of carbonyl (C=O) groups excluding carboxylic acids is 2. The number of rotatable bonds is 4. The molecule has 1 saturated heterocycles. The summed E-state index contributed by atoms with van der Waals surface area (Å²) in [6.07, 6.45) is 2.81. The zero-order chi connectivity index (χ0) is 22.7. The van der Waals surface area contributed by atoms with Crippen molar-refractivity contribution in [2.24, 2.45) is 0 Å². The van der Waals surface area contributed by atoms with Crippen molar-refractivity contribution in [3.63, 3.8) is 0 Å². The molecule has 1 aliphatic heterocycles. The van der Waals surface area contributed by atoms with E-state index in [1.165, 1.54) is 19.1 Å². The maximum Gasteiger partial charge on any atom is 0.254 e. The fraction of sp³-hybridized carbons (Fsp3) is 0.269. The molecule has 1 atom stereocenters. The molecule has 3 aromatic rings. The van der Waals surface area contributed by atoms with Gasteiger partial charge in [-0.3, -0.25) is 14.6 Å². The first-order valence-electron chi connectivity index (χ1n) is 10.8. The fourth-order valence-electron chi connectivity index (χ4n) is 4.22. The second-order valence-electron chi connectivity index (χ2n) is 8.20. The van der Waals surface area contributed by atoms with Gasteiger partial charge in [-0.1, -0.05) is 12.1 Å². The van der Waals surface area contributed by atoms with E-state index in [0.29, 0.717) is 17.8 Å². The highest BCUT2D eigenvalue weighted by atomic mass is 19.1. The Hall–Kier alpha value is -3.54. The van der Waals surface area contributed by atoms with Crippen molar-refractivity contribution in [1.82, 2.24) is 9.88 Å². The van der Waals surface area contributed by atoms with Gasteiger partial charge in [0.2, 0.25) is 5.91 Å². The Bertz CT molecular complexity index is 1130. The van der Waals surface area contributed by atoms with Crippen LogP contribution in [-0.2, 0) is 4.79 Å². The normalized spacial score (nSPS) is 16.0. The number of aromatic nitrogens is 1. The fourth-order valence-corrected chi connectivity index (χ4v) is 4.22. The Morgan fingerprint density at radius 3 is 2.41 bits per heavy atom. The summed E-state index contributed by atoms with van der Waals surface area (Å²) in [4.78, 5) is 31.3. The summed E-state index contributed by atoms with van der Waals surface area (Å²) in [5, 5.41) is 2.72. The number of nitrogens with one attached hydrogen (secondary N) is 1. The van der Waals surface area contributed by atoms with Crippen molar-refractivity contribution in [1.29, 1.82) is 0 Å². The Morgan fingerprint density at radius 2 is 1.72 bits per heavy atom. The van der Waals surface area contributed by atoms with Crippen LogP contribution in [0.3, 0.4) is 0 Å².